The summed E-state index contributed by atoms with van der Waals surface area (Å²) in [5, 5.41) is 4.24. The lowest BCUT2D eigenvalue weighted by atomic mass is 9.98. The standard InChI is InChI=1S/C15H19N3O/c1-12(6-5-10-16)15(19)14-9-11-17-18(14)13-7-3-2-4-8-13/h2-4,7-9,11-12H,5-6,10,16H2,1H3. The average molecular weight is 257 g/mol. The Bertz CT molecular complexity index is 533. The second kappa shape index (κ2) is 6.29. The van der Waals surface area contributed by atoms with Crippen LogP contribution in [0.3, 0.4) is 0 Å². The molecule has 19 heavy (non-hydrogen) atoms. The Morgan fingerprint density at radius 3 is 2.74 bits per heavy atom. The summed E-state index contributed by atoms with van der Waals surface area (Å²) in [6, 6.07) is 11.5. The fraction of sp³-hybridized carbons (Fsp3) is 0.333. The molecule has 2 aromatic rings. The van der Waals surface area contributed by atoms with Crippen molar-refractivity contribution in [3.8, 4) is 5.69 Å². The van der Waals surface area contributed by atoms with Gasteiger partial charge < -0.3 is 5.73 Å². The quantitative estimate of drug-likeness (QED) is 0.808. The van der Waals surface area contributed by atoms with E-state index in [0.717, 1.165) is 18.5 Å². The molecule has 0 radical (unpaired) electrons. The molecule has 0 spiro atoms. The van der Waals surface area contributed by atoms with Crippen molar-refractivity contribution in [2.45, 2.75) is 19.8 Å². The van der Waals surface area contributed by atoms with Gasteiger partial charge >= 0.3 is 0 Å². The highest BCUT2D eigenvalue weighted by molar-refractivity contribution is 5.96. The highest BCUT2D eigenvalue weighted by atomic mass is 16.1. The van der Waals surface area contributed by atoms with Gasteiger partial charge in [0.05, 0.1) is 11.9 Å². The van der Waals surface area contributed by atoms with Crippen molar-refractivity contribution in [1.29, 1.82) is 0 Å². The summed E-state index contributed by atoms with van der Waals surface area (Å²) in [4.78, 5) is 12.4. The first kappa shape index (κ1) is 13.5. The maximum Gasteiger partial charge on any atom is 0.184 e. The highest BCUT2D eigenvalue weighted by Crippen LogP contribution is 2.16. The van der Waals surface area contributed by atoms with E-state index in [9.17, 15) is 4.79 Å². The molecule has 100 valence electrons. The fourth-order valence-corrected chi connectivity index (χ4v) is 2.07. The third-order valence-corrected chi connectivity index (χ3v) is 3.18. The smallest absolute Gasteiger partial charge is 0.184 e. The number of benzene rings is 1. The van der Waals surface area contributed by atoms with Crippen LogP contribution in [-0.4, -0.2) is 22.1 Å². The molecule has 1 atom stereocenters. The lowest BCUT2D eigenvalue weighted by Crippen LogP contribution is -2.17. The number of rotatable bonds is 6. The van der Waals surface area contributed by atoms with E-state index in [4.69, 9.17) is 5.73 Å². The van der Waals surface area contributed by atoms with Crippen molar-refractivity contribution in [1.82, 2.24) is 9.78 Å². The summed E-state index contributed by atoms with van der Waals surface area (Å²) < 4.78 is 1.70. The van der Waals surface area contributed by atoms with E-state index in [1.165, 1.54) is 0 Å². The average Bonchev–Trinajstić information content (AvgIpc) is 2.94. The number of carbonyl (C=O) groups excluding carboxylic acids is 1. The van der Waals surface area contributed by atoms with Crippen molar-refractivity contribution in [3.05, 3.63) is 48.3 Å². The fourth-order valence-electron chi connectivity index (χ4n) is 2.07. The zero-order chi connectivity index (χ0) is 13.7. The molecule has 1 unspecified atom stereocenters. The van der Waals surface area contributed by atoms with Crippen molar-refractivity contribution in [2.24, 2.45) is 11.7 Å². The van der Waals surface area contributed by atoms with Crippen LogP contribution >= 0.6 is 0 Å². The van der Waals surface area contributed by atoms with Gasteiger partial charge in [0.2, 0.25) is 0 Å². The minimum absolute atomic E-state index is 0.0253. The Balaban J connectivity index is 2.22. The summed E-state index contributed by atoms with van der Waals surface area (Å²) in [6.07, 6.45) is 3.34. The Morgan fingerprint density at radius 2 is 2.05 bits per heavy atom. The van der Waals surface area contributed by atoms with Crippen LogP contribution in [-0.2, 0) is 0 Å². The number of hydrogen-bond acceptors (Lipinski definition) is 3. The van der Waals surface area contributed by atoms with Crippen molar-refractivity contribution >= 4 is 5.78 Å². The molecular formula is C15H19N3O. The molecular weight excluding hydrogens is 238 g/mol. The summed E-state index contributed by atoms with van der Waals surface area (Å²) in [5.41, 5.74) is 7.03. The number of carbonyl (C=O) groups is 1. The molecule has 2 rings (SSSR count). The summed E-state index contributed by atoms with van der Waals surface area (Å²) in [6.45, 7) is 2.57. The summed E-state index contributed by atoms with van der Waals surface area (Å²) in [5.74, 6) is 0.0949. The first-order chi connectivity index (χ1) is 9.24. The third-order valence-electron chi connectivity index (χ3n) is 3.18. The van der Waals surface area contributed by atoms with E-state index < -0.39 is 0 Å². The minimum Gasteiger partial charge on any atom is -0.330 e. The number of ketones is 1. The van der Waals surface area contributed by atoms with Crippen LogP contribution in [0.5, 0.6) is 0 Å². The molecule has 4 nitrogen and oxygen atoms in total. The predicted octanol–water partition coefficient (Wildman–Crippen LogP) is 2.43. The molecule has 0 bridgehead atoms. The van der Waals surface area contributed by atoms with Gasteiger partial charge in [-0.3, -0.25) is 4.79 Å². The number of hydrogen-bond donors (Lipinski definition) is 1. The van der Waals surface area contributed by atoms with Gasteiger partial charge in [-0.2, -0.15) is 5.10 Å². The van der Waals surface area contributed by atoms with E-state index in [2.05, 4.69) is 5.10 Å². The van der Waals surface area contributed by atoms with Gasteiger partial charge in [-0.25, -0.2) is 4.68 Å². The largest absolute Gasteiger partial charge is 0.330 e. The minimum atomic E-state index is -0.0253. The topological polar surface area (TPSA) is 60.9 Å². The lowest BCUT2D eigenvalue weighted by molar-refractivity contribution is 0.0915. The predicted molar refractivity (Wildman–Crippen MR) is 75.3 cm³/mol. The lowest BCUT2D eigenvalue weighted by Gasteiger charge is -2.11. The van der Waals surface area contributed by atoms with Crippen LogP contribution in [0.1, 0.15) is 30.3 Å². The number of nitrogens with two attached hydrogens (primary N) is 1. The Kier molecular flexibility index (Phi) is 4.47. The zero-order valence-corrected chi connectivity index (χ0v) is 11.1. The van der Waals surface area contributed by atoms with Crippen LogP contribution in [0.2, 0.25) is 0 Å². The van der Waals surface area contributed by atoms with Gasteiger partial charge in [0, 0.05) is 5.92 Å². The van der Waals surface area contributed by atoms with E-state index in [1.54, 1.807) is 16.9 Å². The van der Waals surface area contributed by atoms with E-state index in [0.29, 0.717) is 12.2 Å². The molecule has 0 aliphatic heterocycles. The van der Waals surface area contributed by atoms with Gasteiger partial charge in [0.25, 0.3) is 0 Å². The van der Waals surface area contributed by atoms with Gasteiger partial charge in [-0.15, -0.1) is 0 Å². The van der Waals surface area contributed by atoms with Crippen molar-refractivity contribution in [2.75, 3.05) is 6.54 Å². The van der Waals surface area contributed by atoms with Crippen LogP contribution < -0.4 is 5.73 Å². The first-order valence-corrected chi connectivity index (χ1v) is 6.57. The number of aromatic nitrogens is 2. The van der Waals surface area contributed by atoms with Crippen LogP contribution in [0.15, 0.2) is 42.6 Å². The molecule has 1 aromatic carbocycles. The van der Waals surface area contributed by atoms with E-state index in [1.807, 2.05) is 37.3 Å². The zero-order valence-electron chi connectivity index (χ0n) is 11.1. The van der Waals surface area contributed by atoms with Gasteiger partial charge in [-0.05, 0) is 37.6 Å². The van der Waals surface area contributed by atoms with Gasteiger partial charge in [0.15, 0.2) is 5.78 Å². The normalized spacial score (nSPS) is 12.3. The Labute approximate surface area is 113 Å². The molecule has 1 heterocycles. The molecule has 4 heteroatoms. The third kappa shape index (κ3) is 3.09. The number of Topliss-reactive ketones (excluding diaryl/α,β-unsaturated/α-hetero) is 1. The van der Waals surface area contributed by atoms with Crippen LogP contribution in [0, 0.1) is 5.92 Å². The van der Waals surface area contributed by atoms with Gasteiger partial charge in [-0.1, -0.05) is 25.1 Å². The van der Waals surface area contributed by atoms with Crippen LogP contribution in [0.25, 0.3) is 5.69 Å². The maximum atomic E-state index is 12.4. The SMILES string of the molecule is CC(CCCN)C(=O)c1ccnn1-c1ccccc1. The maximum absolute atomic E-state index is 12.4. The summed E-state index contributed by atoms with van der Waals surface area (Å²) >= 11 is 0. The molecule has 0 fully saturated rings. The second-order valence-electron chi connectivity index (χ2n) is 4.66. The molecule has 0 saturated carbocycles. The molecule has 0 aliphatic rings. The Hall–Kier alpha value is -1.94. The van der Waals surface area contributed by atoms with Crippen LogP contribution in [0.4, 0.5) is 0 Å². The monoisotopic (exact) mass is 257 g/mol. The molecule has 2 N–H and O–H groups in total. The van der Waals surface area contributed by atoms with Crippen molar-refractivity contribution in [3.63, 3.8) is 0 Å². The molecule has 0 amide bonds. The van der Waals surface area contributed by atoms with Gasteiger partial charge in [0.1, 0.15) is 5.69 Å². The Morgan fingerprint density at radius 1 is 1.32 bits per heavy atom. The first-order valence-electron chi connectivity index (χ1n) is 6.57. The number of nitrogens with zero attached hydrogens (tertiary/aromatic N) is 2. The molecule has 0 saturated heterocycles. The number of para-hydroxylation sites is 1. The second-order valence-corrected chi connectivity index (χ2v) is 4.66. The summed E-state index contributed by atoms with van der Waals surface area (Å²) in [7, 11) is 0. The molecule has 1 aromatic heterocycles. The van der Waals surface area contributed by atoms with E-state index >= 15 is 0 Å². The highest BCUT2D eigenvalue weighted by Gasteiger charge is 2.19. The molecule has 0 aliphatic carbocycles. The van der Waals surface area contributed by atoms with E-state index in [-0.39, 0.29) is 11.7 Å². The van der Waals surface area contributed by atoms with Crippen molar-refractivity contribution < 1.29 is 4.79 Å².